The molecule has 1 fully saturated rings. The van der Waals surface area contributed by atoms with Crippen molar-refractivity contribution in [2.24, 2.45) is 0 Å². The van der Waals surface area contributed by atoms with Crippen molar-refractivity contribution < 1.29 is 4.79 Å². The summed E-state index contributed by atoms with van der Waals surface area (Å²) in [6.07, 6.45) is 1.78. The third-order valence-electron chi connectivity index (χ3n) is 5.14. The van der Waals surface area contributed by atoms with Gasteiger partial charge in [-0.3, -0.25) is 9.69 Å². The molecule has 7 heteroatoms. The summed E-state index contributed by atoms with van der Waals surface area (Å²) in [6.45, 7) is 4.68. The van der Waals surface area contributed by atoms with Gasteiger partial charge in [0, 0.05) is 43.8 Å². The Balaban J connectivity index is 1.31. The zero-order valence-corrected chi connectivity index (χ0v) is 17.4. The van der Waals surface area contributed by atoms with E-state index in [1.54, 1.807) is 12.1 Å². The van der Waals surface area contributed by atoms with Crippen LogP contribution in [-0.2, 0) is 17.8 Å². The smallest absolute Gasteiger partial charge is 0.229 e. The molecular weight excluding hydrogens is 398 g/mol. The number of nitrogens with zero attached hydrogens (tertiary/aromatic N) is 4. The molecule has 0 aliphatic carbocycles. The van der Waals surface area contributed by atoms with Gasteiger partial charge in [0.1, 0.15) is 18.0 Å². The van der Waals surface area contributed by atoms with Crippen LogP contribution in [0.2, 0.25) is 5.02 Å². The van der Waals surface area contributed by atoms with Crippen LogP contribution in [0.25, 0.3) is 0 Å². The second-order valence-electron chi connectivity index (χ2n) is 7.36. The lowest BCUT2D eigenvalue weighted by Crippen LogP contribution is -2.46. The fourth-order valence-corrected chi connectivity index (χ4v) is 3.67. The average molecular weight is 422 g/mol. The summed E-state index contributed by atoms with van der Waals surface area (Å²) < 4.78 is 0. The number of hydrogen-bond donors (Lipinski definition) is 1. The lowest BCUT2D eigenvalue weighted by Gasteiger charge is -2.35. The number of piperazine rings is 1. The van der Waals surface area contributed by atoms with E-state index in [0.29, 0.717) is 10.8 Å². The number of anilines is 2. The van der Waals surface area contributed by atoms with E-state index in [1.165, 1.54) is 11.9 Å². The summed E-state index contributed by atoms with van der Waals surface area (Å²) in [4.78, 5) is 25.6. The molecule has 0 spiro atoms. The van der Waals surface area contributed by atoms with Crippen LogP contribution in [0.15, 0.2) is 67.0 Å². The third kappa shape index (κ3) is 5.55. The number of carbonyl (C=O) groups excluding carboxylic acids is 1. The van der Waals surface area contributed by atoms with E-state index in [-0.39, 0.29) is 12.3 Å². The fourth-order valence-electron chi connectivity index (χ4n) is 3.54. The van der Waals surface area contributed by atoms with Crippen LogP contribution in [0.4, 0.5) is 11.6 Å². The maximum Gasteiger partial charge on any atom is 0.229 e. The van der Waals surface area contributed by atoms with Gasteiger partial charge < -0.3 is 10.2 Å². The van der Waals surface area contributed by atoms with E-state index in [0.717, 1.165) is 44.1 Å². The Kier molecular flexibility index (Phi) is 6.57. The summed E-state index contributed by atoms with van der Waals surface area (Å²) in [5.41, 5.74) is 2.24. The van der Waals surface area contributed by atoms with Crippen LogP contribution in [-0.4, -0.2) is 47.0 Å². The van der Waals surface area contributed by atoms with Crippen LogP contribution in [0.5, 0.6) is 0 Å². The minimum atomic E-state index is -0.116. The Bertz CT molecular complexity index is 972. The molecule has 3 aromatic rings. The molecule has 2 heterocycles. The van der Waals surface area contributed by atoms with Gasteiger partial charge in [-0.25, -0.2) is 9.97 Å². The van der Waals surface area contributed by atoms with E-state index in [1.807, 2.05) is 24.3 Å². The quantitative estimate of drug-likeness (QED) is 0.658. The molecule has 1 amide bonds. The summed E-state index contributed by atoms with van der Waals surface area (Å²) in [5, 5.41) is 3.52. The summed E-state index contributed by atoms with van der Waals surface area (Å²) in [7, 11) is 0. The van der Waals surface area contributed by atoms with Gasteiger partial charge in [-0.05, 0) is 23.3 Å². The normalized spacial score (nSPS) is 14.5. The SMILES string of the molecule is O=C(Cc1ccc(Cl)cc1)Nc1cc(N2CCN(Cc3ccccc3)CC2)ncn1. The number of rotatable bonds is 6. The highest BCUT2D eigenvalue weighted by Gasteiger charge is 2.19. The van der Waals surface area contributed by atoms with Crippen LogP contribution in [0.3, 0.4) is 0 Å². The molecule has 30 heavy (non-hydrogen) atoms. The zero-order valence-electron chi connectivity index (χ0n) is 16.7. The zero-order chi connectivity index (χ0) is 20.8. The molecule has 154 valence electrons. The van der Waals surface area contributed by atoms with Gasteiger partial charge in [0.15, 0.2) is 0 Å². The second kappa shape index (κ2) is 9.69. The number of hydrogen-bond acceptors (Lipinski definition) is 5. The van der Waals surface area contributed by atoms with Gasteiger partial charge in [0.25, 0.3) is 0 Å². The summed E-state index contributed by atoms with van der Waals surface area (Å²) >= 11 is 5.89. The first-order chi connectivity index (χ1) is 14.7. The molecule has 0 radical (unpaired) electrons. The number of benzene rings is 2. The predicted molar refractivity (Wildman–Crippen MR) is 120 cm³/mol. The maximum atomic E-state index is 12.3. The fraction of sp³-hybridized carbons (Fsp3) is 0.261. The lowest BCUT2D eigenvalue weighted by atomic mass is 10.1. The van der Waals surface area contributed by atoms with Crippen molar-refractivity contribution in [3.05, 3.63) is 83.1 Å². The van der Waals surface area contributed by atoms with Gasteiger partial charge in [-0.15, -0.1) is 0 Å². The predicted octanol–water partition coefficient (Wildman–Crippen LogP) is 3.63. The third-order valence-corrected chi connectivity index (χ3v) is 5.40. The molecule has 1 aliphatic rings. The number of halogens is 1. The van der Waals surface area contributed by atoms with Crippen molar-refractivity contribution in [2.45, 2.75) is 13.0 Å². The van der Waals surface area contributed by atoms with Crippen molar-refractivity contribution in [1.29, 1.82) is 0 Å². The number of carbonyl (C=O) groups is 1. The minimum Gasteiger partial charge on any atom is -0.354 e. The molecule has 0 atom stereocenters. The van der Waals surface area contributed by atoms with E-state index < -0.39 is 0 Å². The Morgan fingerprint density at radius 2 is 1.67 bits per heavy atom. The first-order valence-corrected chi connectivity index (χ1v) is 10.4. The molecule has 1 aliphatic heterocycles. The van der Waals surface area contributed by atoms with Crippen LogP contribution in [0.1, 0.15) is 11.1 Å². The monoisotopic (exact) mass is 421 g/mol. The average Bonchev–Trinajstić information content (AvgIpc) is 2.77. The van der Waals surface area contributed by atoms with E-state index in [4.69, 9.17) is 11.6 Å². The first-order valence-electron chi connectivity index (χ1n) is 10.0. The molecule has 1 N–H and O–H groups in total. The van der Waals surface area contributed by atoms with Crippen LogP contribution in [0, 0.1) is 0 Å². The van der Waals surface area contributed by atoms with Crippen LogP contribution < -0.4 is 10.2 Å². The number of aromatic nitrogens is 2. The van der Waals surface area contributed by atoms with Crippen molar-refractivity contribution in [3.63, 3.8) is 0 Å². The van der Waals surface area contributed by atoms with E-state index in [9.17, 15) is 4.79 Å². The lowest BCUT2D eigenvalue weighted by molar-refractivity contribution is -0.115. The van der Waals surface area contributed by atoms with Gasteiger partial charge in [0.2, 0.25) is 5.91 Å². The molecule has 1 aromatic heterocycles. The standard InChI is InChI=1S/C23H24ClN5O/c24-20-8-6-18(7-9-20)14-23(30)27-21-15-22(26-17-25-21)29-12-10-28(11-13-29)16-19-4-2-1-3-5-19/h1-9,15,17H,10-14,16H2,(H,25,26,27,30). The largest absolute Gasteiger partial charge is 0.354 e. The Morgan fingerprint density at radius 1 is 0.933 bits per heavy atom. The molecule has 6 nitrogen and oxygen atoms in total. The van der Waals surface area contributed by atoms with Crippen molar-refractivity contribution >= 4 is 29.1 Å². The molecule has 0 bridgehead atoms. The summed E-state index contributed by atoms with van der Waals surface area (Å²) in [6, 6.07) is 19.6. The van der Waals surface area contributed by atoms with Crippen molar-refractivity contribution in [3.8, 4) is 0 Å². The van der Waals surface area contributed by atoms with Crippen molar-refractivity contribution in [1.82, 2.24) is 14.9 Å². The van der Waals surface area contributed by atoms with Crippen molar-refractivity contribution in [2.75, 3.05) is 36.4 Å². The minimum absolute atomic E-state index is 0.116. The maximum absolute atomic E-state index is 12.3. The Morgan fingerprint density at radius 3 is 2.40 bits per heavy atom. The van der Waals surface area contributed by atoms with Gasteiger partial charge >= 0.3 is 0 Å². The molecule has 0 unspecified atom stereocenters. The first kappa shape index (κ1) is 20.3. The molecule has 0 saturated carbocycles. The Hall–Kier alpha value is -2.96. The Labute approximate surface area is 181 Å². The molecule has 1 saturated heterocycles. The van der Waals surface area contributed by atoms with Crippen LogP contribution >= 0.6 is 11.6 Å². The summed E-state index contributed by atoms with van der Waals surface area (Å²) in [5.74, 6) is 1.24. The van der Waals surface area contributed by atoms with Gasteiger partial charge in [-0.2, -0.15) is 0 Å². The van der Waals surface area contributed by atoms with Gasteiger partial charge in [0.05, 0.1) is 6.42 Å². The molecular formula is C23H24ClN5O. The highest BCUT2D eigenvalue weighted by Crippen LogP contribution is 2.18. The highest BCUT2D eigenvalue weighted by atomic mass is 35.5. The second-order valence-corrected chi connectivity index (χ2v) is 7.80. The van der Waals surface area contributed by atoms with E-state index >= 15 is 0 Å². The topological polar surface area (TPSA) is 61.4 Å². The molecule has 2 aromatic carbocycles. The highest BCUT2D eigenvalue weighted by molar-refractivity contribution is 6.30. The number of amides is 1. The molecule has 4 rings (SSSR count). The number of nitrogens with one attached hydrogen (secondary N) is 1. The van der Waals surface area contributed by atoms with Gasteiger partial charge in [-0.1, -0.05) is 54.1 Å². The van der Waals surface area contributed by atoms with E-state index in [2.05, 4.69) is 49.4 Å².